The molecule has 2 aromatic heterocycles. The summed E-state index contributed by atoms with van der Waals surface area (Å²) in [6, 6.07) is 8.11. The molecule has 0 saturated carbocycles. The summed E-state index contributed by atoms with van der Waals surface area (Å²) < 4.78 is 16.3. The number of carbonyl (C=O) groups is 3. The molecular weight excluding hydrogens is 644 g/mol. The van der Waals surface area contributed by atoms with Crippen molar-refractivity contribution in [2.45, 2.75) is 70.8 Å². The summed E-state index contributed by atoms with van der Waals surface area (Å²) in [5.74, 6) is -2.98. The van der Waals surface area contributed by atoms with Crippen molar-refractivity contribution in [2.75, 3.05) is 7.11 Å². The van der Waals surface area contributed by atoms with Gasteiger partial charge >= 0.3 is 23.5 Å². The lowest BCUT2D eigenvalue weighted by Crippen LogP contribution is -2.75. The van der Waals surface area contributed by atoms with Gasteiger partial charge in [0.2, 0.25) is 0 Å². The lowest BCUT2D eigenvalue weighted by Gasteiger charge is -2.16. The summed E-state index contributed by atoms with van der Waals surface area (Å²) in [6.07, 6.45) is 5.91. The number of aliphatic carboxylic acids is 2. The number of rotatable bonds is 12. The monoisotopic (exact) mass is 684 g/mol. The SMILES string of the molecule is COC(=O)[C@@](C)([NH3+])C/C=C/Cn1c(C)noc1=O.Cc1noc(=O)n1C/C=C/C[C@](C)(N)C(=O)O.Cl.O=C([O-])[C@@H](O)c1ccccc1. The second kappa shape index (κ2) is 19.6. The summed E-state index contributed by atoms with van der Waals surface area (Å²) in [6.45, 7) is 7.08. The van der Waals surface area contributed by atoms with E-state index in [0.717, 1.165) is 0 Å². The van der Waals surface area contributed by atoms with E-state index in [1.165, 1.54) is 35.3 Å². The predicted octanol–water partition coefficient (Wildman–Crippen LogP) is -0.951. The van der Waals surface area contributed by atoms with Gasteiger partial charge in [0.05, 0.1) is 13.1 Å². The number of aromatic nitrogens is 4. The number of nitrogens with two attached hydrogens (primary N) is 1. The van der Waals surface area contributed by atoms with E-state index in [4.69, 9.17) is 15.9 Å². The molecule has 0 radical (unpaired) electrons. The maximum atomic E-state index is 11.4. The molecule has 0 aliphatic heterocycles. The molecule has 17 nitrogen and oxygen atoms in total. The summed E-state index contributed by atoms with van der Waals surface area (Å²) in [5, 5.41) is 34.9. The number of ether oxygens (including phenoxy) is 1. The van der Waals surface area contributed by atoms with Crippen LogP contribution < -0.4 is 28.1 Å². The standard InChI is InChI=1S/C11H17N3O4.C10H15N3O4.C8H8O3.ClH/c1-8-13-18-10(16)14(8)7-5-4-6-11(2,12)9(15)17-3;1-7-12-17-9(16)13(7)6-4-3-5-10(2,11)8(14)15;9-7(8(10)11)6-4-2-1-3-5-6;/h4-5H,6-7,12H2,1-3H3;3-4H,5-6,11H2,1-2H3,(H,14,15);1-5,7,9H,(H,10,11);1H/b5-4+;4-3+;;/t11-;10-;7-;/m000./s1. The topological polar surface area (TPSA) is 274 Å². The minimum Gasteiger partial charge on any atom is -0.547 e. The van der Waals surface area contributed by atoms with Crippen molar-refractivity contribution in [1.82, 2.24) is 19.4 Å². The highest BCUT2D eigenvalue weighted by Gasteiger charge is 2.32. The van der Waals surface area contributed by atoms with Crippen LogP contribution >= 0.6 is 12.4 Å². The zero-order valence-electron chi connectivity index (χ0n) is 26.7. The van der Waals surface area contributed by atoms with Crippen LogP contribution in [-0.4, -0.2) is 65.8 Å². The minimum atomic E-state index is -1.52. The van der Waals surface area contributed by atoms with Gasteiger partial charge in [-0.2, -0.15) is 0 Å². The molecule has 260 valence electrons. The van der Waals surface area contributed by atoms with E-state index in [2.05, 4.69) is 29.8 Å². The van der Waals surface area contributed by atoms with Crippen LogP contribution in [0.4, 0.5) is 0 Å². The zero-order valence-corrected chi connectivity index (χ0v) is 27.5. The van der Waals surface area contributed by atoms with E-state index >= 15 is 0 Å². The first-order valence-corrected chi connectivity index (χ1v) is 13.7. The number of esters is 1. The van der Waals surface area contributed by atoms with Gasteiger partial charge in [-0.3, -0.25) is 23.0 Å². The summed E-state index contributed by atoms with van der Waals surface area (Å²) in [5.41, 5.74) is 7.53. The molecular formula is C29H41ClN6O11. The number of aliphatic hydroxyl groups is 1. The Bertz CT molecular complexity index is 1600. The third kappa shape index (κ3) is 14.0. The molecule has 0 unspecified atom stereocenters. The van der Waals surface area contributed by atoms with Gasteiger partial charge in [0.1, 0.15) is 11.6 Å². The summed E-state index contributed by atoms with van der Waals surface area (Å²) in [4.78, 5) is 54.5. The van der Waals surface area contributed by atoms with Crippen LogP contribution in [0.5, 0.6) is 0 Å². The number of hydrogen-bond acceptors (Lipinski definition) is 13. The first kappa shape index (κ1) is 42.2. The lowest BCUT2D eigenvalue weighted by molar-refractivity contribution is -0.455. The molecule has 0 fully saturated rings. The highest BCUT2D eigenvalue weighted by Crippen LogP contribution is 2.10. The molecule has 0 aliphatic rings. The van der Waals surface area contributed by atoms with Crippen LogP contribution in [0.15, 0.2) is 73.3 Å². The largest absolute Gasteiger partial charge is 0.547 e. The van der Waals surface area contributed by atoms with Gasteiger partial charge in [0.25, 0.3) is 0 Å². The number of benzene rings is 1. The number of allylic oxidation sites excluding steroid dienone is 2. The average Bonchev–Trinajstić information content (AvgIpc) is 3.51. The van der Waals surface area contributed by atoms with Crippen molar-refractivity contribution < 1.29 is 49.2 Å². The van der Waals surface area contributed by atoms with Crippen LogP contribution in [0.1, 0.15) is 50.0 Å². The Balaban J connectivity index is 0.000000687. The molecule has 18 heteroatoms. The lowest BCUT2D eigenvalue weighted by atomic mass is 9.99. The number of carboxylic acid groups (broad SMARTS) is 2. The van der Waals surface area contributed by atoms with E-state index in [0.29, 0.717) is 30.2 Å². The fourth-order valence-corrected chi connectivity index (χ4v) is 3.30. The number of halogens is 1. The van der Waals surface area contributed by atoms with Crippen LogP contribution in [0.25, 0.3) is 0 Å². The normalized spacial score (nSPS) is 14.0. The van der Waals surface area contributed by atoms with Gasteiger partial charge < -0.3 is 36.3 Å². The van der Waals surface area contributed by atoms with Crippen LogP contribution in [-0.2, 0) is 32.2 Å². The third-order valence-electron chi connectivity index (χ3n) is 6.26. The highest BCUT2D eigenvalue weighted by molar-refractivity contribution is 5.85. The van der Waals surface area contributed by atoms with Gasteiger partial charge in [0.15, 0.2) is 17.2 Å². The molecule has 0 aliphatic carbocycles. The predicted molar refractivity (Wildman–Crippen MR) is 166 cm³/mol. The van der Waals surface area contributed by atoms with Crippen LogP contribution in [0, 0.1) is 13.8 Å². The molecule has 2 heterocycles. The average molecular weight is 685 g/mol. The van der Waals surface area contributed by atoms with Crippen LogP contribution in [0.2, 0.25) is 0 Å². The molecule has 3 atom stereocenters. The molecule has 3 rings (SSSR count). The second-order valence-electron chi connectivity index (χ2n) is 10.5. The van der Waals surface area contributed by atoms with Crippen molar-refractivity contribution in [3.63, 3.8) is 0 Å². The Morgan fingerprint density at radius 1 is 0.979 bits per heavy atom. The number of hydrogen-bond donors (Lipinski definition) is 4. The molecule has 47 heavy (non-hydrogen) atoms. The van der Waals surface area contributed by atoms with E-state index in [1.54, 1.807) is 63.3 Å². The fraction of sp³-hybridized carbons (Fsp3) is 0.414. The van der Waals surface area contributed by atoms with Gasteiger partial charge in [0, 0.05) is 26.4 Å². The summed E-state index contributed by atoms with van der Waals surface area (Å²) in [7, 11) is 1.33. The Hall–Kier alpha value is -4.84. The van der Waals surface area contributed by atoms with Gasteiger partial charge in [-0.25, -0.2) is 14.4 Å². The Morgan fingerprint density at radius 2 is 1.43 bits per heavy atom. The molecule has 7 N–H and O–H groups in total. The maximum Gasteiger partial charge on any atom is 0.441 e. The number of carboxylic acids is 2. The van der Waals surface area contributed by atoms with Crippen molar-refractivity contribution in [1.29, 1.82) is 0 Å². The third-order valence-corrected chi connectivity index (χ3v) is 6.26. The van der Waals surface area contributed by atoms with E-state index in [-0.39, 0.29) is 31.3 Å². The van der Waals surface area contributed by atoms with Crippen molar-refractivity contribution >= 4 is 30.3 Å². The number of nitrogens with zero attached hydrogens (tertiary/aromatic N) is 4. The van der Waals surface area contributed by atoms with Crippen molar-refractivity contribution in [2.24, 2.45) is 5.73 Å². The molecule has 0 spiro atoms. The Morgan fingerprint density at radius 3 is 1.79 bits per heavy atom. The number of methoxy groups -OCH3 is 1. The van der Waals surface area contributed by atoms with Gasteiger partial charge in [-0.15, -0.1) is 12.4 Å². The molecule has 1 aromatic carbocycles. The van der Waals surface area contributed by atoms with Gasteiger partial charge in [-0.1, -0.05) is 64.9 Å². The molecule has 0 saturated heterocycles. The first-order chi connectivity index (χ1) is 21.4. The Labute approximate surface area is 275 Å². The molecule has 0 bridgehead atoms. The number of quaternary nitrogens is 1. The number of aryl methyl sites for hydroxylation is 2. The number of carbonyl (C=O) groups excluding carboxylic acids is 2. The second-order valence-corrected chi connectivity index (χ2v) is 10.5. The fourth-order valence-electron chi connectivity index (χ4n) is 3.30. The van der Waals surface area contributed by atoms with E-state index in [9.17, 15) is 29.1 Å². The van der Waals surface area contributed by atoms with E-state index < -0.39 is 40.6 Å². The van der Waals surface area contributed by atoms with E-state index in [1.807, 2.05) is 0 Å². The first-order valence-electron chi connectivity index (χ1n) is 13.7. The Kier molecular flexibility index (Phi) is 17.6. The molecule has 3 aromatic rings. The number of aliphatic hydroxyl groups excluding tert-OH is 1. The molecule has 0 amide bonds. The maximum absolute atomic E-state index is 11.4. The van der Waals surface area contributed by atoms with Gasteiger partial charge in [-0.05, 0) is 32.8 Å². The minimum absolute atomic E-state index is 0. The summed E-state index contributed by atoms with van der Waals surface area (Å²) >= 11 is 0. The quantitative estimate of drug-likeness (QED) is 0.132. The smallest absolute Gasteiger partial charge is 0.441 e. The van der Waals surface area contributed by atoms with Crippen molar-refractivity contribution in [3.05, 3.63) is 92.9 Å². The zero-order chi connectivity index (χ0) is 35.1. The van der Waals surface area contributed by atoms with Crippen LogP contribution in [0.3, 0.4) is 0 Å². The highest BCUT2D eigenvalue weighted by atomic mass is 35.5. The van der Waals surface area contributed by atoms with Crippen molar-refractivity contribution in [3.8, 4) is 0 Å².